The van der Waals surface area contributed by atoms with Gasteiger partial charge in [-0.05, 0) is 31.0 Å². The molecule has 0 aliphatic carbocycles. The highest BCUT2D eigenvalue weighted by molar-refractivity contribution is 7.89. The van der Waals surface area contributed by atoms with E-state index in [4.69, 9.17) is 21.5 Å². The van der Waals surface area contributed by atoms with E-state index in [1.807, 2.05) is 0 Å². The monoisotopic (exact) mass is 290 g/mol. The molecule has 5 nitrogen and oxygen atoms in total. The number of benzene rings is 1. The van der Waals surface area contributed by atoms with Gasteiger partial charge in [-0.3, -0.25) is 0 Å². The summed E-state index contributed by atoms with van der Waals surface area (Å²) in [6.07, 6.45) is 1.94. The minimum atomic E-state index is -3.71. The van der Waals surface area contributed by atoms with Crippen LogP contribution in [-0.4, -0.2) is 27.7 Å². The SMILES string of the molecule is NS(=O)(=O)c1ccc(Cl)c(NC2CCCOC2)c1. The van der Waals surface area contributed by atoms with Crippen molar-refractivity contribution in [1.82, 2.24) is 0 Å². The summed E-state index contributed by atoms with van der Waals surface area (Å²) in [6, 6.07) is 4.51. The summed E-state index contributed by atoms with van der Waals surface area (Å²) in [7, 11) is -3.71. The predicted octanol–water partition coefficient (Wildman–Crippen LogP) is 1.58. The standard InChI is InChI=1S/C11H15ClN2O3S/c12-10-4-3-9(18(13,15)16)6-11(10)14-8-2-1-5-17-7-8/h3-4,6,8,14H,1-2,5,7H2,(H2,13,15,16). The van der Waals surface area contributed by atoms with Gasteiger partial charge in [0.25, 0.3) is 0 Å². The molecule has 18 heavy (non-hydrogen) atoms. The highest BCUT2D eigenvalue weighted by Crippen LogP contribution is 2.26. The lowest BCUT2D eigenvalue weighted by Gasteiger charge is -2.24. The first-order valence-electron chi connectivity index (χ1n) is 5.63. The molecule has 0 bridgehead atoms. The molecule has 7 heteroatoms. The van der Waals surface area contributed by atoms with Crippen molar-refractivity contribution in [2.24, 2.45) is 5.14 Å². The zero-order chi connectivity index (χ0) is 13.2. The van der Waals surface area contributed by atoms with Crippen molar-refractivity contribution in [3.63, 3.8) is 0 Å². The molecule has 0 aromatic heterocycles. The number of sulfonamides is 1. The zero-order valence-corrected chi connectivity index (χ0v) is 11.3. The van der Waals surface area contributed by atoms with Crippen molar-refractivity contribution < 1.29 is 13.2 Å². The summed E-state index contributed by atoms with van der Waals surface area (Å²) in [6.45, 7) is 1.36. The number of rotatable bonds is 3. The van der Waals surface area contributed by atoms with E-state index in [9.17, 15) is 8.42 Å². The van der Waals surface area contributed by atoms with Gasteiger partial charge in [0.05, 0.1) is 22.2 Å². The Kier molecular flexibility index (Phi) is 4.11. The Morgan fingerprint density at radius 2 is 2.22 bits per heavy atom. The van der Waals surface area contributed by atoms with Gasteiger partial charge in [0.15, 0.2) is 0 Å². The summed E-state index contributed by atoms with van der Waals surface area (Å²) >= 11 is 6.03. The number of nitrogens with two attached hydrogens (primary N) is 1. The summed E-state index contributed by atoms with van der Waals surface area (Å²) in [5.41, 5.74) is 0.568. The van der Waals surface area contributed by atoms with Gasteiger partial charge in [-0.25, -0.2) is 13.6 Å². The molecule has 1 aromatic rings. The normalized spacial score (nSPS) is 20.7. The molecule has 3 N–H and O–H groups in total. The third-order valence-electron chi connectivity index (χ3n) is 2.79. The molecule has 1 saturated heterocycles. The average Bonchev–Trinajstić information content (AvgIpc) is 2.32. The van der Waals surface area contributed by atoms with Gasteiger partial charge in [-0.15, -0.1) is 0 Å². The molecule has 1 atom stereocenters. The van der Waals surface area contributed by atoms with Crippen molar-refractivity contribution >= 4 is 27.3 Å². The number of nitrogens with one attached hydrogen (secondary N) is 1. The largest absolute Gasteiger partial charge is 0.379 e. The predicted molar refractivity (Wildman–Crippen MR) is 70.3 cm³/mol. The van der Waals surface area contributed by atoms with Crippen LogP contribution in [-0.2, 0) is 14.8 Å². The van der Waals surface area contributed by atoms with Crippen molar-refractivity contribution in [2.45, 2.75) is 23.8 Å². The van der Waals surface area contributed by atoms with E-state index >= 15 is 0 Å². The van der Waals surface area contributed by atoms with Crippen LogP contribution in [0.5, 0.6) is 0 Å². The van der Waals surface area contributed by atoms with Crippen LogP contribution in [0.3, 0.4) is 0 Å². The first-order valence-corrected chi connectivity index (χ1v) is 7.56. The number of ether oxygens (including phenoxy) is 1. The van der Waals surface area contributed by atoms with Crippen LogP contribution >= 0.6 is 11.6 Å². The highest BCUT2D eigenvalue weighted by atomic mass is 35.5. The molecule has 1 heterocycles. The van der Waals surface area contributed by atoms with E-state index in [-0.39, 0.29) is 10.9 Å². The molecule has 2 rings (SSSR count). The van der Waals surface area contributed by atoms with Crippen LogP contribution in [0, 0.1) is 0 Å². The van der Waals surface area contributed by atoms with E-state index in [0.29, 0.717) is 17.3 Å². The molecule has 1 unspecified atom stereocenters. The molecule has 1 aromatic carbocycles. The molecular weight excluding hydrogens is 276 g/mol. The van der Waals surface area contributed by atoms with E-state index in [1.165, 1.54) is 18.2 Å². The lowest BCUT2D eigenvalue weighted by atomic mass is 10.1. The lowest BCUT2D eigenvalue weighted by molar-refractivity contribution is 0.0876. The number of hydrogen-bond acceptors (Lipinski definition) is 4. The fraction of sp³-hybridized carbons (Fsp3) is 0.455. The average molecular weight is 291 g/mol. The van der Waals surface area contributed by atoms with Gasteiger partial charge >= 0.3 is 0 Å². The molecule has 0 radical (unpaired) electrons. The quantitative estimate of drug-likeness (QED) is 0.885. The van der Waals surface area contributed by atoms with Crippen LogP contribution in [0.2, 0.25) is 5.02 Å². The summed E-state index contributed by atoms with van der Waals surface area (Å²) in [5, 5.41) is 8.74. The number of anilines is 1. The number of primary sulfonamides is 1. The Balaban J connectivity index is 2.21. The van der Waals surface area contributed by atoms with Crippen molar-refractivity contribution in [3.8, 4) is 0 Å². The molecule has 1 aliphatic heterocycles. The van der Waals surface area contributed by atoms with Crippen LogP contribution in [0.15, 0.2) is 23.1 Å². The highest BCUT2D eigenvalue weighted by Gasteiger charge is 2.16. The minimum Gasteiger partial charge on any atom is -0.379 e. The van der Waals surface area contributed by atoms with Crippen LogP contribution in [0.4, 0.5) is 5.69 Å². The maximum absolute atomic E-state index is 11.3. The fourth-order valence-electron chi connectivity index (χ4n) is 1.87. The molecular formula is C11H15ClN2O3S. The first-order chi connectivity index (χ1) is 8.47. The van der Waals surface area contributed by atoms with Crippen LogP contribution in [0.25, 0.3) is 0 Å². The first kappa shape index (κ1) is 13.6. The second-order valence-corrected chi connectivity index (χ2v) is 6.21. The minimum absolute atomic E-state index is 0.0473. The van der Waals surface area contributed by atoms with Gasteiger partial charge in [0.1, 0.15) is 0 Å². The van der Waals surface area contributed by atoms with Crippen molar-refractivity contribution in [2.75, 3.05) is 18.5 Å². The maximum atomic E-state index is 11.3. The van der Waals surface area contributed by atoms with Gasteiger partial charge in [0, 0.05) is 12.6 Å². The fourth-order valence-corrected chi connectivity index (χ4v) is 2.58. The summed E-state index contributed by atoms with van der Waals surface area (Å²) < 4.78 is 27.9. The molecule has 1 aliphatic rings. The molecule has 0 amide bonds. The Hall–Kier alpha value is -0.820. The van der Waals surface area contributed by atoms with E-state index < -0.39 is 10.0 Å². The zero-order valence-electron chi connectivity index (χ0n) is 9.73. The van der Waals surface area contributed by atoms with Crippen LogP contribution in [0.1, 0.15) is 12.8 Å². The van der Waals surface area contributed by atoms with E-state index in [1.54, 1.807) is 0 Å². The second kappa shape index (κ2) is 5.44. The Labute approximate surface area is 111 Å². The third-order valence-corrected chi connectivity index (χ3v) is 4.03. The number of hydrogen-bond donors (Lipinski definition) is 2. The van der Waals surface area contributed by atoms with Gasteiger partial charge in [-0.2, -0.15) is 0 Å². The molecule has 100 valence electrons. The van der Waals surface area contributed by atoms with Crippen LogP contribution < -0.4 is 10.5 Å². The van der Waals surface area contributed by atoms with Gasteiger partial charge in [0.2, 0.25) is 10.0 Å². The second-order valence-electron chi connectivity index (χ2n) is 4.25. The maximum Gasteiger partial charge on any atom is 0.238 e. The van der Waals surface area contributed by atoms with E-state index in [0.717, 1.165) is 19.4 Å². The topological polar surface area (TPSA) is 81.4 Å². The van der Waals surface area contributed by atoms with Crippen molar-refractivity contribution in [1.29, 1.82) is 0 Å². The summed E-state index contributed by atoms with van der Waals surface area (Å²) in [5.74, 6) is 0. The van der Waals surface area contributed by atoms with Gasteiger partial charge < -0.3 is 10.1 Å². The van der Waals surface area contributed by atoms with E-state index in [2.05, 4.69) is 5.32 Å². The summed E-state index contributed by atoms with van der Waals surface area (Å²) in [4.78, 5) is 0.0473. The molecule has 0 spiro atoms. The Bertz CT molecular complexity index is 527. The third kappa shape index (κ3) is 3.35. The number of halogens is 1. The lowest BCUT2D eigenvalue weighted by Crippen LogP contribution is -2.30. The Morgan fingerprint density at radius 1 is 1.44 bits per heavy atom. The van der Waals surface area contributed by atoms with Gasteiger partial charge in [-0.1, -0.05) is 11.6 Å². The Morgan fingerprint density at radius 3 is 2.83 bits per heavy atom. The van der Waals surface area contributed by atoms with Crippen molar-refractivity contribution in [3.05, 3.63) is 23.2 Å². The smallest absolute Gasteiger partial charge is 0.238 e. The molecule has 0 saturated carbocycles. The molecule has 1 fully saturated rings.